The molecule has 1 aromatic carbocycles. The molecule has 4 nitrogen and oxygen atoms in total. The number of rotatable bonds is 4. The first-order valence-corrected chi connectivity index (χ1v) is 6.85. The van der Waals surface area contributed by atoms with Gasteiger partial charge in [0.15, 0.2) is 0 Å². The number of aliphatic hydroxyl groups excluding tert-OH is 1. The molecule has 1 saturated heterocycles. The Kier molecular flexibility index (Phi) is 4.56. The predicted octanol–water partition coefficient (Wildman–Crippen LogP) is 1.82. The van der Waals surface area contributed by atoms with Gasteiger partial charge in [-0.05, 0) is 24.0 Å². The average Bonchev–Trinajstić information content (AvgIpc) is 2.75. The lowest BCUT2D eigenvalue weighted by Gasteiger charge is -2.17. The number of carbonyl (C=O) groups is 1. The van der Waals surface area contributed by atoms with E-state index >= 15 is 0 Å². The van der Waals surface area contributed by atoms with Gasteiger partial charge in [-0.3, -0.25) is 9.69 Å². The van der Waals surface area contributed by atoms with Crippen molar-refractivity contribution < 1.29 is 9.90 Å². The number of likely N-dealkylation sites (tertiary alicyclic amines) is 1. The Hall–Kier alpha value is -1.39. The van der Waals surface area contributed by atoms with E-state index in [1.807, 2.05) is 29.2 Å². The molecule has 0 aliphatic carbocycles. The molecular weight excluding hydrogens is 240 g/mol. The molecule has 1 heterocycles. The lowest BCUT2D eigenvalue weighted by atomic mass is 10.0. The molecule has 1 amide bonds. The van der Waals surface area contributed by atoms with Gasteiger partial charge in [0.05, 0.1) is 12.6 Å². The Morgan fingerprint density at radius 3 is 2.84 bits per heavy atom. The minimum absolute atomic E-state index is 0.0119. The number of hydrogen-bond donors (Lipinski definition) is 2. The van der Waals surface area contributed by atoms with E-state index in [0.29, 0.717) is 19.0 Å². The van der Waals surface area contributed by atoms with Gasteiger partial charge in [0.25, 0.3) is 0 Å². The molecule has 0 saturated carbocycles. The van der Waals surface area contributed by atoms with Gasteiger partial charge in [-0.2, -0.15) is 0 Å². The zero-order chi connectivity index (χ0) is 13.8. The number of anilines is 1. The number of nitrogens with one attached hydrogen (secondary N) is 1. The first-order chi connectivity index (χ1) is 9.06. The highest BCUT2D eigenvalue weighted by atomic mass is 16.3. The zero-order valence-corrected chi connectivity index (χ0v) is 11.6. The summed E-state index contributed by atoms with van der Waals surface area (Å²) in [5.74, 6) is 0.368. The first kappa shape index (κ1) is 14.0. The number of benzene rings is 1. The predicted molar refractivity (Wildman–Crippen MR) is 76.2 cm³/mol. The molecule has 0 bridgehead atoms. The van der Waals surface area contributed by atoms with Gasteiger partial charge in [0, 0.05) is 18.8 Å². The van der Waals surface area contributed by atoms with Gasteiger partial charge in [0.1, 0.15) is 0 Å². The largest absolute Gasteiger partial charge is 0.392 e. The van der Waals surface area contributed by atoms with Gasteiger partial charge < -0.3 is 10.4 Å². The molecule has 1 fully saturated rings. The standard InChI is InChI=1S/C15H22N2O2/c1-11(2)13-5-3-4-6-14(13)16-15(19)10-17-8-7-12(18)9-17/h3-6,11-12,18H,7-10H2,1-2H3,(H,16,19). The van der Waals surface area contributed by atoms with Gasteiger partial charge in [-0.15, -0.1) is 0 Å². The van der Waals surface area contributed by atoms with Crippen LogP contribution in [0.25, 0.3) is 0 Å². The van der Waals surface area contributed by atoms with Gasteiger partial charge >= 0.3 is 0 Å². The molecule has 1 atom stereocenters. The molecule has 1 aliphatic rings. The number of para-hydroxylation sites is 1. The summed E-state index contributed by atoms with van der Waals surface area (Å²) < 4.78 is 0. The van der Waals surface area contributed by atoms with Crippen LogP contribution in [-0.2, 0) is 4.79 Å². The third kappa shape index (κ3) is 3.78. The van der Waals surface area contributed by atoms with Crippen LogP contribution in [0.2, 0.25) is 0 Å². The number of amides is 1. The number of carbonyl (C=O) groups excluding carboxylic acids is 1. The molecule has 0 radical (unpaired) electrons. The smallest absolute Gasteiger partial charge is 0.238 e. The summed E-state index contributed by atoms with van der Waals surface area (Å²) in [6, 6.07) is 7.90. The third-order valence-corrected chi connectivity index (χ3v) is 3.47. The van der Waals surface area contributed by atoms with E-state index in [0.717, 1.165) is 24.2 Å². The molecule has 4 heteroatoms. The number of hydrogen-bond acceptors (Lipinski definition) is 3. The number of aliphatic hydroxyl groups is 1. The fraction of sp³-hybridized carbons (Fsp3) is 0.533. The van der Waals surface area contributed by atoms with Crippen LogP contribution in [0.1, 0.15) is 31.7 Å². The minimum Gasteiger partial charge on any atom is -0.392 e. The van der Waals surface area contributed by atoms with E-state index in [4.69, 9.17) is 0 Å². The molecule has 19 heavy (non-hydrogen) atoms. The molecule has 104 valence electrons. The van der Waals surface area contributed by atoms with Crippen LogP contribution in [0.15, 0.2) is 24.3 Å². The molecular formula is C15H22N2O2. The summed E-state index contributed by atoms with van der Waals surface area (Å²) in [5.41, 5.74) is 2.04. The van der Waals surface area contributed by atoms with Crippen molar-refractivity contribution in [3.8, 4) is 0 Å². The Morgan fingerprint density at radius 1 is 1.47 bits per heavy atom. The molecule has 2 rings (SSSR count). The molecule has 1 aromatic rings. The quantitative estimate of drug-likeness (QED) is 0.870. The van der Waals surface area contributed by atoms with Crippen LogP contribution < -0.4 is 5.32 Å². The van der Waals surface area contributed by atoms with Gasteiger partial charge in [-0.25, -0.2) is 0 Å². The van der Waals surface area contributed by atoms with Crippen molar-refractivity contribution in [2.45, 2.75) is 32.3 Å². The maximum absolute atomic E-state index is 12.0. The summed E-state index contributed by atoms with van der Waals surface area (Å²) in [4.78, 5) is 14.0. The highest BCUT2D eigenvalue weighted by Crippen LogP contribution is 2.23. The van der Waals surface area contributed by atoms with Crippen LogP contribution >= 0.6 is 0 Å². The van der Waals surface area contributed by atoms with E-state index in [2.05, 4.69) is 19.2 Å². The Balaban J connectivity index is 1.95. The second kappa shape index (κ2) is 6.17. The van der Waals surface area contributed by atoms with E-state index in [-0.39, 0.29) is 12.0 Å². The van der Waals surface area contributed by atoms with Crippen LogP contribution in [-0.4, -0.2) is 41.7 Å². The second-order valence-electron chi connectivity index (χ2n) is 5.47. The van der Waals surface area contributed by atoms with Crippen molar-refractivity contribution in [1.29, 1.82) is 0 Å². The Morgan fingerprint density at radius 2 is 2.21 bits per heavy atom. The Labute approximate surface area is 114 Å². The van der Waals surface area contributed by atoms with E-state index in [1.165, 1.54) is 0 Å². The average molecular weight is 262 g/mol. The van der Waals surface area contributed by atoms with E-state index in [1.54, 1.807) is 0 Å². The summed E-state index contributed by atoms with van der Waals surface area (Å²) in [6.07, 6.45) is 0.478. The third-order valence-electron chi connectivity index (χ3n) is 3.47. The summed E-state index contributed by atoms with van der Waals surface area (Å²) in [6.45, 7) is 5.97. The lowest BCUT2D eigenvalue weighted by molar-refractivity contribution is -0.117. The SMILES string of the molecule is CC(C)c1ccccc1NC(=O)CN1CCC(O)C1. The molecule has 0 aromatic heterocycles. The van der Waals surface area contributed by atoms with Crippen LogP contribution in [0.5, 0.6) is 0 Å². The van der Waals surface area contributed by atoms with Crippen molar-refractivity contribution >= 4 is 11.6 Å². The Bertz CT molecular complexity index is 446. The minimum atomic E-state index is -0.282. The topological polar surface area (TPSA) is 52.6 Å². The van der Waals surface area contributed by atoms with Crippen LogP contribution in [0.3, 0.4) is 0 Å². The highest BCUT2D eigenvalue weighted by molar-refractivity contribution is 5.93. The maximum Gasteiger partial charge on any atom is 0.238 e. The highest BCUT2D eigenvalue weighted by Gasteiger charge is 2.22. The first-order valence-electron chi connectivity index (χ1n) is 6.85. The van der Waals surface area contributed by atoms with Crippen LogP contribution in [0, 0.1) is 0 Å². The van der Waals surface area contributed by atoms with Gasteiger partial charge in [-0.1, -0.05) is 32.0 Å². The molecule has 1 aliphatic heterocycles. The van der Waals surface area contributed by atoms with Crippen molar-refractivity contribution in [3.63, 3.8) is 0 Å². The van der Waals surface area contributed by atoms with E-state index < -0.39 is 0 Å². The van der Waals surface area contributed by atoms with E-state index in [9.17, 15) is 9.90 Å². The van der Waals surface area contributed by atoms with Crippen molar-refractivity contribution in [2.24, 2.45) is 0 Å². The molecule has 1 unspecified atom stereocenters. The summed E-state index contributed by atoms with van der Waals surface area (Å²) >= 11 is 0. The molecule has 0 spiro atoms. The zero-order valence-electron chi connectivity index (χ0n) is 11.6. The number of nitrogens with zero attached hydrogens (tertiary/aromatic N) is 1. The summed E-state index contributed by atoms with van der Waals surface area (Å²) in [7, 11) is 0. The molecule has 2 N–H and O–H groups in total. The van der Waals surface area contributed by atoms with Crippen molar-refractivity contribution in [3.05, 3.63) is 29.8 Å². The van der Waals surface area contributed by atoms with Gasteiger partial charge in [0.2, 0.25) is 5.91 Å². The number of β-amino-alcohol motifs (C(OH)–C–C–N with tert-alkyl or cyclic N) is 1. The van der Waals surface area contributed by atoms with Crippen molar-refractivity contribution in [2.75, 3.05) is 25.0 Å². The van der Waals surface area contributed by atoms with Crippen LogP contribution in [0.4, 0.5) is 5.69 Å². The summed E-state index contributed by atoms with van der Waals surface area (Å²) in [5, 5.41) is 12.4. The maximum atomic E-state index is 12.0. The lowest BCUT2D eigenvalue weighted by Crippen LogP contribution is -2.32. The normalized spacial score (nSPS) is 19.9. The monoisotopic (exact) mass is 262 g/mol. The van der Waals surface area contributed by atoms with Crippen molar-refractivity contribution in [1.82, 2.24) is 4.90 Å². The fourth-order valence-corrected chi connectivity index (χ4v) is 2.46. The fourth-order valence-electron chi connectivity index (χ4n) is 2.46. The second-order valence-corrected chi connectivity index (χ2v) is 5.47.